The molecule has 2 aromatic heterocycles. The Hall–Kier alpha value is -1.80. The highest BCUT2D eigenvalue weighted by Gasteiger charge is 2.28. The Kier molecular flexibility index (Phi) is 5.48. The van der Waals surface area contributed by atoms with Gasteiger partial charge in [-0.25, -0.2) is 4.98 Å². The minimum absolute atomic E-state index is 0.0164. The van der Waals surface area contributed by atoms with E-state index in [1.165, 1.54) is 18.5 Å². The van der Waals surface area contributed by atoms with Gasteiger partial charge in [0.05, 0.1) is 5.69 Å². The van der Waals surface area contributed by atoms with Crippen molar-refractivity contribution in [2.45, 2.75) is 32.1 Å². The molecule has 0 aromatic carbocycles. The van der Waals surface area contributed by atoms with Gasteiger partial charge in [-0.2, -0.15) is 18.3 Å². The monoisotopic (exact) mass is 348 g/mol. The third-order valence-electron chi connectivity index (χ3n) is 3.09. The van der Waals surface area contributed by atoms with Gasteiger partial charge in [0.2, 0.25) is 0 Å². The Balaban J connectivity index is 2.28. The van der Waals surface area contributed by atoms with E-state index >= 15 is 0 Å². The Labute approximate surface area is 136 Å². The molecule has 0 unspecified atom stereocenters. The lowest BCUT2D eigenvalue weighted by Gasteiger charge is -2.16. The number of aliphatic hydroxyl groups excluding tert-OH is 1. The van der Waals surface area contributed by atoms with Gasteiger partial charge in [0.25, 0.3) is 0 Å². The van der Waals surface area contributed by atoms with Crippen LogP contribution in [0.5, 0.6) is 0 Å². The molecule has 126 valence electrons. The predicted molar refractivity (Wildman–Crippen MR) is 81.3 cm³/mol. The summed E-state index contributed by atoms with van der Waals surface area (Å²) in [4.78, 5) is 3.96. The van der Waals surface area contributed by atoms with Crippen molar-refractivity contribution in [2.75, 3.05) is 11.9 Å². The molecule has 0 aliphatic carbocycles. The summed E-state index contributed by atoms with van der Waals surface area (Å²) in [6.07, 6.45) is -1.10. The van der Waals surface area contributed by atoms with E-state index in [4.69, 9.17) is 16.7 Å². The van der Waals surface area contributed by atoms with Gasteiger partial charge in [0, 0.05) is 36.3 Å². The molecule has 0 spiro atoms. The standard InChI is InChI=1S/C14H16ClF3N4O/c1-9(3-5-23)20-12-6-13(15)19-7-10(12)11-2-4-22(21-11)8-14(16,17)18/h2,4,6-7,9,23H,3,5,8H2,1H3,(H,19,20)/t9-/m1/s1. The van der Waals surface area contributed by atoms with Crippen molar-refractivity contribution in [2.24, 2.45) is 0 Å². The fourth-order valence-corrected chi connectivity index (χ4v) is 2.22. The molecule has 0 aliphatic heterocycles. The third-order valence-corrected chi connectivity index (χ3v) is 3.30. The number of hydrogen-bond acceptors (Lipinski definition) is 4. The molecule has 0 fully saturated rings. The summed E-state index contributed by atoms with van der Waals surface area (Å²) < 4.78 is 38.1. The van der Waals surface area contributed by atoms with Crippen molar-refractivity contribution in [1.29, 1.82) is 0 Å². The molecule has 2 N–H and O–H groups in total. The van der Waals surface area contributed by atoms with Gasteiger partial charge < -0.3 is 10.4 Å². The second-order valence-corrected chi connectivity index (χ2v) is 5.51. The van der Waals surface area contributed by atoms with Crippen LogP contribution in [0.1, 0.15) is 13.3 Å². The Morgan fingerprint density at radius 2 is 2.17 bits per heavy atom. The molecule has 0 amide bonds. The number of nitrogens with zero attached hydrogens (tertiary/aromatic N) is 3. The van der Waals surface area contributed by atoms with Crippen LogP contribution in [0.15, 0.2) is 24.5 Å². The molecule has 0 radical (unpaired) electrons. The summed E-state index contributed by atoms with van der Waals surface area (Å²) >= 11 is 5.88. The summed E-state index contributed by atoms with van der Waals surface area (Å²) in [5.41, 5.74) is 1.50. The maximum atomic E-state index is 12.4. The van der Waals surface area contributed by atoms with Crippen molar-refractivity contribution in [1.82, 2.24) is 14.8 Å². The highest BCUT2D eigenvalue weighted by Crippen LogP contribution is 2.29. The zero-order valence-electron chi connectivity index (χ0n) is 12.3. The smallest absolute Gasteiger partial charge is 0.396 e. The predicted octanol–water partition coefficient (Wildman–Crippen LogP) is 3.34. The normalized spacial score (nSPS) is 13.1. The van der Waals surface area contributed by atoms with Crippen LogP contribution in [0.3, 0.4) is 0 Å². The molecule has 0 aliphatic rings. The SMILES string of the molecule is C[C@H](CCO)Nc1cc(Cl)ncc1-c1ccn(CC(F)(F)F)n1. The van der Waals surface area contributed by atoms with Crippen LogP contribution in [0, 0.1) is 0 Å². The molecular weight excluding hydrogens is 333 g/mol. The zero-order chi connectivity index (χ0) is 17.0. The third kappa shape index (κ3) is 5.11. The van der Waals surface area contributed by atoms with Crippen LogP contribution >= 0.6 is 11.6 Å². The van der Waals surface area contributed by atoms with Crippen molar-refractivity contribution in [3.05, 3.63) is 29.7 Å². The van der Waals surface area contributed by atoms with Gasteiger partial charge in [-0.1, -0.05) is 11.6 Å². The van der Waals surface area contributed by atoms with E-state index in [0.29, 0.717) is 23.4 Å². The molecule has 1 atom stereocenters. The lowest BCUT2D eigenvalue weighted by molar-refractivity contribution is -0.142. The van der Waals surface area contributed by atoms with Gasteiger partial charge in [-0.05, 0) is 25.5 Å². The number of hydrogen-bond donors (Lipinski definition) is 2. The number of aromatic nitrogens is 3. The van der Waals surface area contributed by atoms with Crippen molar-refractivity contribution in [3.8, 4) is 11.3 Å². The number of aliphatic hydroxyl groups is 1. The Morgan fingerprint density at radius 3 is 2.83 bits per heavy atom. The number of pyridine rings is 1. The molecule has 0 bridgehead atoms. The summed E-state index contributed by atoms with van der Waals surface area (Å²) in [6.45, 7) is 0.733. The largest absolute Gasteiger partial charge is 0.408 e. The fourth-order valence-electron chi connectivity index (χ4n) is 2.06. The van der Waals surface area contributed by atoms with Crippen LogP contribution < -0.4 is 5.32 Å². The summed E-state index contributed by atoms with van der Waals surface area (Å²) in [6, 6.07) is 3.01. The van der Waals surface area contributed by atoms with Gasteiger partial charge in [0.15, 0.2) is 0 Å². The average molecular weight is 349 g/mol. The molecule has 2 aromatic rings. The Bertz CT molecular complexity index is 660. The van der Waals surface area contributed by atoms with Crippen LogP contribution in [-0.2, 0) is 6.54 Å². The first-order valence-corrected chi connectivity index (χ1v) is 7.30. The quantitative estimate of drug-likeness (QED) is 0.786. The molecule has 2 rings (SSSR count). The summed E-state index contributed by atoms with van der Waals surface area (Å²) in [7, 11) is 0. The molecule has 0 saturated heterocycles. The van der Waals surface area contributed by atoms with Crippen LogP contribution in [0.25, 0.3) is 11.3 Å². The van der Waals surface area contributed by atoms with E-state index < -0.39 is 12.7 Å². The fraction of sp³-hybridized carbons (Fsp3) is 0.429. The van der Waals surface area contributed by atoms with Gasteiger partial charge in [0.1, 0.15) is 11.7 Å². The van der Waals surface area contributed by atoms with E-state index in [2.05, 4.69) is 15.4 Å². The lowest BCUT2D eigenvalue weighted by Crippen LogP contribution is -2.18. The van der Waals surface area contributed by atoms with Gasteiger partial charge in [-0.3, -0.25) is 4.68 Å². The van der Waals surface area contributed by atoms with Crippen molar-refractivity contribution in [3.63, 3.8) is 0 Å². The van der Waals surface area contributed by atoms with Crippen LogP contribution in [-0.4, -0.2) is 38.7 Å². The van der Waals surface area contributed by atoms with Crippen molar-refractivity contribution >= 4 is 17.3 Å². The molecule has 2 heterocycles. The first-order valence-electron chi connectivity index (χ1n) is 6.92. The number of nitrogens with one attached hydrogen (secondary N) is 1. The zero-order valence-corrected chi connectivity index (χ0v) is 13.1. The van der Waals surface area contributed by atoms with Gasteiger partial charge in [-0.15, -0.1) is 0 Å². The minimum Gasteiger partial charge on any atom is -0.396 e. The number of rotatable bonds is 6. The maximum Gasteiger partial charge on any atom is 0.408 e. The van der Waals surface area contributed by atoms with Crippen LogP contribution in [0.2, 0.25) is 5.15 Å². The lowest BCUT2D eigenvalue weighted by atomic mass is 10.1. The van der Waals surface area contributed by atoms with Crippen LogP contribution in [0.4, 0.5) is 18.9 Å². The number of halogens is 4. The summed E-state index contributed by atoms with van der Waals surface area (Å²) in [5, 5.41) is 16.3. The first-order chi connectivity index (χ1) is 10.8. The van der Waals surface area contributed by atoms with E-state index in [1.807, 2.05) is 6.92 Å². The van der Waals surface area contributed by atoms with E-state index in [9.17, 15) is 13.2 Å². The average Bonchev–Trinajstić information content (AvgIpc) is 2.85. The number of alkyl halides is 3. The van der Waals surface area contributed by atoms with E-state index in [0.717, 1.165) is 4.68 Å². The molecule has 9 heteroatoms. The van der Waals surface area contributed by atoms with Crippen molar-refractivity contribution < 1.29 is 18.3 Å². The van der Waals surface area contributed by atoms with Gasteiger partial charge >= 0.3 is 6.18 Å². The Morgan fingerprint density at radius 1 is 1.43 bits per heavy atom. The second-order valence-electron chi connectivity index (χ2n) is 5.12. The second kappa shape index (κ2) is 7.18. The molecule has 23 heavy (non-hydrogen) atoms. The number of anilines is 1. The first kappa shape index (κ1) is 17.6. The molecule has 5 nitrogen and oxygen atoms in total. The highest BCUT2D eigenvalue weighted by atomic mass is 35.5. The summed E-state index contributed by atoms with van der Waals surface area (Å²) in [5.74, 6) is 0. The maximum absolute atomic E-state index is 12.4. The molecular formula is C14H16ClF3N4O. The topological polar surface area (TPSA) is 63.0 Å². The van der Waals surface area contributed by atoms with E-state index in [1.54, 1.807) is 6.07 Å². The van der Waals surface area contributed by atoms with E-state index in [-0.39, 0.29) is 17.8 Å². The highest BCUT2D eigenvalue weighted by molar-refractivity contribution is 6.29. The molecule has 0 saturated carbocycles. The minimum atomic E-state index is -4.34.